The lowest BCUT2D eigenvalue weighted by Gasteiger charge is -2.42. The second kappa shape index (κ2) is 14.3. The van der Waals surface area contributed by atoms with Gasteiger partial charge in [-0.2, -0.15) is 0 Å². The highest BCUT2D eigenvalue weighted by molar-refractivity contribution is 6.39. The van der Waals surface area contributed by atoms with Crippen molar-refractivity contribution < 1.29 is 19.1 Å². The first-order valence-corrected chi connectivity index (χ1v) is 17.6. The Kier molecular flexibility index (Phi) is 9.87. The van der Waals surface area contributed by atoms with Gasteiger partial charge in [0.1, 0.15) is 5.75 Å². The maximum absolute atomic E-state index is 13.6. The first kappa shape index (κ1) is 34.4. The van der Waals surface area contributed by atoms with E-state index in [1.54, 1.807) is 19.4 Å². The summed E-state index contributed by atoms with van der Waals surface area (Å²) < 4.78 is 13.1. The quantitative estimate of drug-likeness (QED) is 0.187. The maximum Gasteiger partial charge on any atom is 0.291 e. The fourth-order valence-corrected chi connectivity index (χ4v) is 7.72. The van der Waals surface area contributed by atoms with E-state index in [4.69, 9.17) is 37.7 Å². The normalized spacial score (nSPS) is 18.3. The molecule has 0 unspecified atom stereocenters. The van der Waals surface area contributed by atoms with E-state index in [2.05, 4.69) is 32.8 Å². The smallest absolute Gasteiger partial charge is 0.291 e. The summed E-state index contributed by atoms with van der Waals surface area (Å²) in [6, 6.07) is 13.3. The first-order valence-electron chi connectivity index (χ1n) is 16.9. The van der Waals surface area contributed by atoms with Gasteiger partial charge in [-0.3, -0.25) is 19.5 Å². The van der Waals surface area contributed by atoms with E-state index < -0.39 is 0 Å². The zero-order valence-corrected chi connectivity index (χ0v) is 30.0. The molecule has 3 N–H and O–H groups in total. The fourth-order valence-electron chi connectivity index (χ4n) is 7.12. The lowest BCUT2D eigenvalue weighted by atomic mass is 9.87. The van der Waals surface area contributed by atoms with Crippen LogP contribution in [-0.4, -0.2) is 77.2 Å². The summed E-state index contributed by atoms with van der Waals surface area (Å²) in [5.41, 5.74) is 6.33. The Morgan fingerprint density at radius 1 is 1.14 bits per heavy atom. The van der Waals surface area contributed by atoms with Gasteiger partial charge in [0, 0.05) is 98.2 Å². The van der Waals surface area contributed by atoms with Crippen molar-refractivity contribution in [2.24, 2.45) is 12.5 Å². The number of hydrogen-bond donors (Lipinski definition) is 3. The Balaban J connectivity index is 1.07. The average Bonchev–Trinajstić information content (AvgIpc) is 3.67. The predicted molar refractivity (Wildman–Crippen MR) is 194 cm³/mol. The number of fused-ring (bicyclic) bond motifs is 1. The number of nitrogens with zero attached hydrogens (tertiary/aromatic N) is 4. The molecule has 0 aliphatic carbocycles. The van der Waals surface area contributed by atoms with Crippen molar-refractivity contribution in [1.29, 1.82) is 0 Å². The van der Waals surface area contributed by atoms with Gasteiger partial charge in [-0.1, -0.05) is 54.4 Å². The third-order valence-electron chi connectivity index (χ3n) is 9.82. The maximum atomic E-state index is 13.6. The number of amides is 2. The molecular weight excluding hydrogens is 677 g/mol. The van der Waals surface area contributed by atoms with Gasteiger partial charge < -0.3 is 30.0 Å². The number of imidazole rings is 1. The van der Waals surface area contributed by atoms with E-state index in [0.29, 0.717) is 70.2 Å². The Labute approximate surface area is 301 Å². The summed E-state index contributed by atoms with van der Waals surface area (Å²) in [7, 11) is 3.52. The number of hydrogen-bond acceptors (Lipinski definition) is 8. The molecule has 0 saturated carbocycles. The summed E-state index contributed by atoms with van der Waals surface area (Å²) >= 11 is 14.0. The summed E-state index contributed by atoms with van der Waals surface area (Å²) in [5.74, 6) is 0.812. The predicted octanol–water partition coefficient (Wildman–Crippen LogP) is 5.48. The molecular formula is C37H41Cl2N7O4. The van der Waals surface area contributed by atoms with Crippen LogP contribution in [0.15, 0.2) is 48.7 Å². The van der Waals surface area contributed by atoms with Crippen molar-refractivity contribution in [3.8, 4) is 28.1 Å². The first-order chi connectivity index (χ1) is 24.1. The molecule has 2 saturated heterocycles. The number of benzene rings is 2. The van der Waals surface area contributed by atoms with Crippen LogP contribution in [0.1, 0.15) is 47.3 Å². The molecule has 2 aromatic carbocycles. The van der Waals surface area contributed by atoms with E-state index in [1.165, 1.54) is 0 Å². The summed E-state index contributed by atoms with van der Waals surface area (Å²) in [5, 5.41) is 10.2. The highest BCUT2D eigenvalue weighted by Crippen LogP contribution is 2.41. The van der Waals surface area contributed by atoms with Crippen LogP contribution in [0.4, 0.5) is 5.69 Å². The van der Waals surface area contributed by atoms with Gasteiger partial charge in [0.15, 0.2) is 5.82 Å². The number of carbonyl (C=O) groups is 2. The van der Waals surface area contributed by atoms with Crippen LogP contribution in [0.25, 0.3) is 22.4 Å². The second-order valence-corrected chi connectivity index (χ2v) is 14.5. The third kappa shape index (κ3) is 6.97. The minimum atomic E-state index is -0.331. The Morgan fingerprint density at radius 2 is 1.96 bits per heavy atom. The van der Waals surface area contributed by atoms with Gasteiger partial charge in [0.2, 0.25) is 5.91 Å². The van der Waals surface area contributed by atoms with Gasteiger partial charge >= 0.3 is 0 Å². The van der Waals surface area contributed by atoms with Gasteiger partial charge in [-0.25, -0.2) is 4.98 Å². The molecule has 0 radical (unpaired) electrons. The van der Waals surface area contributed by atoms with E-state index in [1.807, 2.05) is 48.0 Å². The van der Waals surface area contributed by atoms with Gasteiger partial charge in [0.25, 0.3) is 5.91 Å². The molecule has 3 aliphatic heterocycles. The topological polar surface area (TPSA) is 123 Å². The minimum Gasteiger partial charge on any atom is -0.496 e. The molecule has 1 atom stereocenters. The zero-order chi connectivity index (χ0) is 35.0. The van der Waals surface area contributed by atoms with Crippen molar-refractivity contribution in [1.82, 2.24) is 30.1 Å². The molecule has 4 aromatic rings. The monoisotopic (exact) mass is 717 g/mol. The van der Waals surface area contributed by atoms with Gasteiger partial charge in [0.05, 0.1) is 47.4 Å². The molecule has 2 aromatic heterocycles. The number of ether oxygens (including phenoxy) is 2. The summed E-state index contributed by atoms with van der Waals surface area (Å²) in [6.07, 6.45) is 3.93. The molecule has 7 rings (SSSR count). The summed E-state index contributed by atoms with van der Waals surface area (Å²) in [4.78, 5) is 36.9. The van der Waals surface area contributed by atoms with E-state index >= 15 is 0 Å². The minimum absolute atomic E-state index is 0.0999. The van der Waals surface area contributed by atoms with Crippen LogP contribution in [0.3, 0.4) is 0 Å². The molecule has 11 nitrogen and oxygen atoms in total. The number of aromatic nitrogens is 3. The van der Waals surface area contributed by atoms with Crippen LogP contribution in [0, 0.1) is 5.41 Å². The van der Waals surface area contributed by atoms with E-state index in [-0.39, 0.29) is 23.3 Å². The zero-order valence-electron chi connectivity index (χ0n) is 28.4. The Morgan fingerprint density at radius 3 is 2.70 bits per heavy atom. The lowest BCUT2D eigenvalue weighted by molar-refractivity contribution is -0.119. The van der Waals surface area contributed by atoms with Crippen molar-refractivity contribution >= 4 is 40.7 Å². The molecule has 13 heteroatoms. The third-order valence-corrected chi connectivity index (χ3v) is 10.6. The highest BCUT2D eigenvalue weighted by Gasteiger charge is 2.37. The summed E-state index contributed by atoms with van der Waals surface area (Å²) in [6.45, 7) is 7.65. The van der Waals surface area contributed by atoms with Crippen molar-refractivity contribution in [3.05, 3.63) is 81.5 Å². The molecule has 2 amide bonds. The highest BCUT2D eigenvalue weighted by atomic mass is 35.5. The number of rotatable bonds is 11. The molecule has 2 fully saturated rings. The number of nitrogens with one attached hydrogen (secondary N) is 3. The van der Waals surface area contributed by atoms with E-state index in [9.17, 15) is 9.59 Å². The van der Waals surface area contributed by atoms with Crippen molar-refractivity contribution in [2.75, 3.05) is 45.3 Å². The van der Waals surface area contributed by atoms with Crippen LogP contribution in [0.5, 0.6) is 5.75 Å². The van der Waals surface area contributed by atoms with Crippen LogP contribution < -0.4 is 20.7 Å². The largest absolute Gasteiger partial charge is 0.496 e. The average molecular weight is 719 g/mol. The van der Waals surface area contributed by atoms with Crippen molar-refractivity contribution in [3.63, 3.8) is 0 Å². The van der Waals surface area contributed by atoms with Crippen LogP contribution in [-0.2, 0) is 36.1 Å². The molecule has 0 bridgehead atoms. The molecule has 0 spiro atoms. The van der Waals surface area contributed by atoms with E-state index in [0.717, 1.165) is 61.7 Å². The fraction of sp³-hybridized carbons (Fsp3) is 0.405. The number of halogens is 2. The van der Waals surface area contributed by atoms with Crippen LogP contribution >= 0.6 is 23.2 Å². The Bertz CT molecular complexity index is 1940. The second-order valence-electron chi connectivity index (χ2n) is 13.8. The number of carbonyl (C=O) groups excluding carboxylic acids is 2. The molecule has 3 aliphatic rings. The van der Waals surface area contributed by atoms with Crippen molar-refractivity contribution in [2.45, 2.75) is 45.3 Å². The standard InChI is InChI=1S/C37H41Cl2N7O4/c1-37(20-50-21-37)19-46-14-12-29-28(18-46)43-35(45(29)2)36(48)44-27-6-4-5-25(32(27)38)26-11-13-41-34(33(26)39)22-7-8-23(30(15-22)49-3)16-40-17-24-9-10-31(47)42-24/h4-8,11,13,15,24,40H,9-10,12,14,16-21H2,1-3H3,(H,42,47)(H,44,48)/t24-/m0/s1. The molecule has 262 valence electrons. The molecule has 50 heavy (non-hydrogen) atoms. The SMILES string of the molecule is COc1cc(-c2nccc(-c3cccc(NC(=O)c4nc5c(n4C)CCN(CC4(C)COC4)C5)c3Cl)c2Cl)ccc1CNC[C@@H]1CCC(=O)N1. The van der Waals surface area contributed by atoms with Gasteiger partial charge in [-0.05, 0) is 24.6 Å². The van der Waals surface area contributed by atoms with Gasteiger partial charge in [-0.15, -0.1) is 0 Å². The number of anilines is 1. The lowest BCUT2D eigenvalue weighted by Crippen LogP contribution is -2.49. The number of methoxy groups -OCH3 is 1. The number of pyridine rings is 1. The van der Waals surface area contributed by atoms with Crippen LogP contribution in [0.2, 0.25) is 10.0 Å². The Hall–Kier alpha value is -4.00. The molecule has 5 heterocycles.